The number of nitrogens with zero attached hydrogens (tertiary/aromatic N) is 2. The third-order valence-electron chi connectivity index (χ3n) is 1.82. The minimum atomic E-state index is 0.340. The minimum Gasteiger partial charge on any atom is -0.508 e. The predicted octanol–water partition coefficient (Wildman–Crippen LogP) is 2.43. The van der Waals surface area contributed by atoms with E-state index >= 15 is 0 Å². The molecule has 1 aromatic carbocycles. The van der Waals surface area contributed by atoms with Crippen LogP contribution in [-0.2, 0) is 6.42 Å². The van der Waals surface area contributed by atoms with Crippen LogP contribution in [-0.4, -0.2) is 15.1 Å². The number of aromatic nitrogens is 2. The lowest BCUT2D eigenvalue weighted by Gasteiger charge is -1.93. The molecular formula is C12H14N2O. The molecule has 2 aromatic rings. The Hall–Kier alpha value is -1.90. The third-order valence-corrected chi connectivity index (χ3v) is 1.82. The number of hydrogen-bond donors (Lipinski definition) is 1. The predicted molar refractivity (Wildman–Crippen MR) is 59.5 cm³/mol. The van der Waals surface area contributed by atoms with Crippen molar-refractivity contribution in [1.29, 1.82) is 0 Å². The van der Waals surface area contributed by atoms with Gasteiger partial charge in [-0.05, 0) is 30.2 Å². The SMILES string of the molecule is CCc1ccc(O)cc1.c1cncnc1. The van der Waals surface area contributed by atoms with Crippen LogP contribution in [0.1, 0.15) is 12.5 Å². The number of aromatic hydroxyl groups is 1. The van der Waals surface area contributed by atoms with Crippen LogP contribution in [0.2, 0.25) is 0 Å². The van der Waals surface area contributed by atoms with E-state index in [4.69, 9.17) is 5.11 Å². The van der Waals surface area contributed by atoms with Gasteiger partial charge in [-0.2, -0.15) is 0 Å². The van der Waals surface area contributed by atoms with E-state index < -0.39 is 0 Å². The lowest BCUT2D eigenvalue weighted by atomic mass is 10.2. The molecule has 0 unspecified atom stereocenters. The maximum atomic E-state index is 8.85. The van der Waals surface area contributed by atoms with E-state index in [2.05, 4.69) is 16.9 Å². The summed E-state index contributed by atoms with van der Waals surface area (Å²) in [6.45, 7) is 2.09. The molecule has 0 saturated heterocycles. The van der Waals surface area contributed by atoms with E-state index in [1.165, 1.54) is 11.9 Å². The van der Waals surface area contributed by atoms with Crippen molar-refractivity contribution < 1.29 is 5.11 Å². The fourth-order valence-corrected chi connectivity index (χ4v) is 0.985. The van der Waals surface area contributed by atoms with Crippen LogP contribution >= 0.6 is 0 Å². The van der Waals surface area contributed by atoms with Crippen molar-refractivity contribution in [3.63, 3.8) is 0 Å². The number of aryl methyl sites for hydroxylation is 1. The number of phenols is 1. The second-order valence-electron chi connectivity index (χ2n) is 2.92. The summed E-state index contributed by atoms with van der Waals surface area (Å²) in [6, 6.07) is 9.04. The van der Waals surface area contributed by atoms with Crippen LogP contribution in [0.3, 0.4) is 0 Å². The maximum absolute atomic E-state index is 8.85. The smallest absolute Gasteiger partial charge is 0.115 e. The van der Waals surface area contributed by atoms with Crippen LogP contribution in [0.4, 0.5) is 0 Å². The van der Waals surface area contributed by atoms with Gasteiger partial charge in [0.15, 0.2) is 0 Å². The molecule has 0 saturated carbocycles. The lowest BCUT2D eigenvalue weighted by Crippen LogP contribution is -1.75. The van der Waals surface area contributed by atoms with Crippen LogP contribution in [0.25, 0.3) is 0 Å². The van der Waals surface area contributed by atoms with Crippen LogP contribution in [0.15, 0.2) is 49.1 Å². The Kier molecular flexibility index (Phi) is 4.87. The molecule has 15 heavy (non-hydrogen) atoms. The molecule has 1 heterocycles. The number of benzene rings is 1. The van der Waals surface area contributed by atoms with Crippen molar-refractivity contribution in [2.45, 2.75) is 13.3 Å². The number of phenolic OH excluding ortho intramolecular Hbond substituents is 1. The Morgan fingerprint density at radius 2 is 1.67 bits per heavy atom. The van der Waals surface area contributed by atoms with Crippen molar-refractivity contribution >= 4 is 0 Å². The molecule has 78 valence electrons. The summed E-state index contributed by atoms with van der Waals surface area (Å²) in [7, 11) is 0. The van der Waals surface area contributed by atoms with Gasteiger partial charge in [0, 0.05) is 12.4 Å². The van der Waals surface area contributed by atoms with E-state index in [1.807, 2.05) is 12.1 Å². The van der Waals surface area contributed by atoms with E-state index in [1.54, 1.807) is 30.6 Å². The van der Waals surface area contributed by atoms with Gasteiger partial charge >= 0.3 is 0 Å². The quantitative estimate of drug-likeness (QED) is 0.772. The molecule has 1 N–H and O–H groups in total. The summed E-state index contributed by atoms with van der Waals surface area (Å²) < 4.78 is 0. The van der Waals surface area contributed by atoms with Gasteiger partial charge in [-0.15, -0.1) is 0 Å². The largest absolute Gasteiger partial charge is 0.508 e. The monoisotopic (exact) mass is 202 g/mol. The zero-order valence-electron chi connectivity index (χ0n) is 8.67. The molecule has 0 aliphatic heterocycles. The molecule has 0 aliphatic rings. The standard InChI is InChI=1S/C8H10O.C4H4N2/c1-2-7-3-5-8(9)6-4-7;1-2-5-4-6-3-1/h3-6,9H,2H2,1H3;1-4H. The Balaban J connectivity index is 0.000000162. The molecule has 1 aromatic heterocycles. The average Bonchev–Trinajstić information content (AvgIpc) is 2.33. The van der Waals surface area contributed by atoms with E-state index in [9.17, 15) is 0 Å². The van der Waals surface area contributed by atoms with Gasteiger partial charge in [0.25, 0.3) is 0 Å². The van der Waals surface area contributed by atoms with Crippen molar-refractivity contribution in [3.05, 3.63) is 54.6 Å². The molecule has 3 heteroatoms. The molecule has 3 nitrogen and oxygen atoms in total. The van der Waals surface area contributed by atoms with Gasteiger partial charge in [-0.3, -0.25) is 0 Å². The number of hydrogen-bond acceptors (Lipinski definition) is 3. The summed E-state index contributed by atoms with van der Waals surface area (Å²) in [5.74, 6) is 0.340. The lowest BCUT2D eigenvalue weighted by molar-refractivity contribution is 0.475. The van der Waals surface area contributed by atoms with Crippen molar-refractivity contribution in [2.24, 2.45) is 0 Å². The summed E-state index contributed by atoms with van der Waals surface area (Å²) in [5.41, 5.74) is 1.26. The minimum absolute atomic E-state index is 0.340. The topological polar surface area (TPSA) is 46.0 Å². The van der Waals surface area contributed by atoms with Gasteiger partial charge in [-0.25, -0.2) is 9.97 Å². The molecule has 0 fully saturated rings. The molecule has 0 radical (unpaired) electrons. The maximum Gasteiger partial charge on any atom is 0.115 e. The molecule has 0 amide bonds. The number of rotatable bonds is 1. The molecular weight excluding hydrogens is 188 g/mol. The van der Waals surface area contributed by atoms with Crippen LogP contribution in [0.5, 0.6) is 5.75 Å². The molecule has 0 atom stereocenters. The first-order chi connectivity index (χ1) is 7.33. The van der Waals surface area contributed by atoms with Gasteiger partial charge in [0.1, 0.15) is 12.1 Å². The summed E-state index contributed by atoms with van der Waals surface area (Å²) in [4.78, 5) is 7.35. The summed E-state index contributed by atoms with van der Waals surface area (Å²) in [5, 5.41) is 8.85. The first kappa shape index (κ1) is 11.2. The highest BCUT2D eigenvalue weighted by Crippen LogP contribution is 2.09. The summed E-state index contributed by atoms with van der Waals surface area (Å²) >= 11 is 0. The van der Waals surface area contributed by atoms with Crippen LogP contribution < -0.4 is 0 Å². The van der Waals surface area contributed by atoms with Gasteiger partial charge in [0.05, 0.1) is 0 Å². The third kappa shape index (κ3) is 4.76. The van der Waals surface area contributed by atoms with E-state index in [0.29, 0.717) is 5.75 Å². The highest BCUT2D eigenvalue weighted by Gasteiger charge is 1.86. The fraction of sp³-hybridized carbons (Fsp3) is 0.167. The Morgan fingerprint density at radius 3 is 2.00 bits per heavy atom. The molecule has 0 spiro atoms. The Morgan fingerprint density at radius 1 is 1.07 bits per heavy atom. The molecule has 0 aliphatic carbocycles. The first-order valence-corrected chi connectivity index (χ1v) is 4.81. The normalized spacial score (nSPS) is 8.87. The Bertz CT molecular complexity index is 332. The first-order valence-electron chi connectivity index (χ1n) is 4.81. The molecule has 0 bridgehead atoms. The fourth-order valence-electron chi connectivity index (χ4n) is 0.985. The van der Waals surface area contributed by atoms with Crippen molar-refractivity contribution in [2.75, 3.05) is 0 Å². The van der Waals surface area contributed by atoms with E-state index in [-0.39, 0.29) is 0 Å². The molecule has 2 rings (SSSR count). The van der Waals surface area contributed by atoms with E-state index in [0.717, 1.165) is 6.42 Å². The summed E-state index contributed by atoms with van der Waals surface area (Å²) in [6.07, 6.45) is 5.90. The van der Waals surface area contributed by atoms with Gasteiger partial charge in [0.2, 0.25) is 0 Å². The highest BCUT2D eigenvalue weighted by atomic mass is 16.3. The highest BCUT2D eigenvalue weighted by molar-refractivity contribution is 5.25. The Labute approximate surface area is 89.5 Å². The average molecular weight is 202 g/mol. The second-order valence-corrected chi connectivity index (χ2v) is 2.92. The zero-order chi connectivity index (χ0) is 10.9. The van der Waals surface area contributed by atoms with Crippen molar-refractivity contribution in [3.8, 4) is 5.75 Å². The zero-order valence-corrected chi connectivity index (χ0v) is 8.67. The second kappa shape index (κ2) is 6.54. The van der Waals surface area contributed by atoms with Gasteiger partial charge in [-0.1, -0.05) is 19.1 Å². The van der Waals surface area contributed by atoms with Crippen LogP contribution in [0, 0.1) is 0 Å². The van der Waals surface area contributed by atoms with Gasteiger partial charge < -0.3 is 5.11 Å². The van der Waals surface area contributed by atoms with Crippen molar-refractivity contribution in [1.82, 2.24) is 9.97 Å².